The smallest absolute Gasteiger partial charge is 0.303 e. The second-order valence-electron chi connectivity index (χ2n) is 3.60. The summed E-state index contributed by atoms with van der Waals surface area (Å²) >= 11 is 0. The second-order valence-corrected chi connectivity index (χ2v) is 4.80. The van der Waals surface area contributed by atoms with Gasteiger partial charge >= 0.3 is 7.82 Å². The first-order chi connectivity index (χ1) is 4.63. The van der Waals surface area contributed by atoms with E-state index in [0.717, 1.165) is 0 Å². The van der Waals surface area contributed by atoms with Crippen LogP contribution in [-0.2, 0) is 9.09 Å². The van der Waals surface area contributed by atoms with Gasteiger partial charge in [-0.15, -0.1) is 0 Å². The van der Waals surface area contributed by atoms with Crippen molar-refractivity contribution in [2.24, 2.45) is 5.41 Å². The lowest BCUT2D eigenvalue weighted by Crippen LogP contribution is -2.24. The standard InChI is InChI=1S/C6H15O4P/c1-5(6(2,3)4)10-11(7,8)9/h5H,1-4H3,(H2,7,8,9). The second kappa shape index (κ2) is 3.23. The normalized spacial score (nSPS) is 16.5. The molecule has 1 unspecified atom stereocenters. The predicted octanol–water partition coefficient (Wildman–Crippen LogP) is 1.53. The molecule has 0 rings (SSSR count). The zero-order valence-electron chi connectivity index (χ0n) is 7.24. The fourth-order valence-electron chi connectivity index (χ4n) is 0.364. The molecule has 0 aromatic heterocycles. The van der Waals surface area contributed by atoms with E-state index in [0.29, 0.717) is 0 Å². The van der Waals surface area contributed by atoms with Crippen molar-refractivity contribution in [2.75, 3.05) is 0 Å². The lowest BCUT2D eigenvalue weighted by Gasteiger charge is -2.26. The van der Waals surface area contributed by atoms with E-state index in [2.05, 4.69) is 4.52 Å². The van der Waals surface area contributed by atoms with Crippen LogP contribution in [0.5, 0.6) is 0 Å². The van der Waals surface area contributed by atoms with Gasteiger partial charge in [-0.25, -0.2) is 4.57 Å². The molecule has 0 spiro atoms. The average molecular weight is 182 g/mol. The number of phosphoric acid groups is 1. The summed E-state index contributed by atoms with van der Waals surface area (Å²) in [6.45, 7) is 7.20. The Morgan fingerprint density at radius 1 is 1.36 bits per heavy atom. The van der Waals surface area contributed by atoms with Gasteiger partial charge in [0, 0.05) is 0 Å². The summed E-state index contributed by atoms with van der Waals surface area (Å²) < 4.78 is 14.8. The Kier molecular flexibility index (Phi) is 3.27. The minimum Gasteiger partial charge on any atom is -0.303 e. The Morgan fingerprint density at radius 2 is 1.73 bits per heavy atom. The van der Waals surface area contributed by atoms with Gasteiger partial charge in [-0.05, 0) is 12.3 Å². The Bertz CT molecular complexity index is 166. The minimum atomic E-state index is -4.32. The largest absolute Gasteiger partial charge is 0.469 e. The van der Waals surface area contributed by atoms with Crippen LogP contribution >= 0.6 is 7.82 Å². The van der Waals surface area contributed by atoms with Gasteiger partial charge in [0.15, 0.2) is 0 Å². The van der Waals surface area contributed by atoms with Gasteiger partial charge in [0.2, 0.25) is 0 Å². The van der Waals surface area contributed by atoms with Crippen LogP contribution < -0.4 is 0 Å². The molecule has 4 nitrogen and oxygen atoms in total. The Morgan fingerprint density at radius 3 is 1.82 bits per heavy atom. The third kappa shape index (κ3) is 5.39. The monoisotopic (exact) mass is 182 g/mol. The van der Waals surface area contributed by atoms with Crippen molar-refractivity contribution in [1.82, 2.24) is 0 Å². The molecule has 0 amide bonds. The van der Waals surface area contributed by atoms with Crippen LogP contribution in [0.3, 0.4) is 0 Å². The van der Waals surface area contributed by atoms with Gasteiger partial charge in [0.25, 0.3) is 0 Å². The molecular formula is C6H15O4P. The molecule has 0 aliphatic carbocycles. The molecule has 0 radical (unpaired) electrons. The van der Waals surface area contributed by atoms with Crippen LogP contribution in [0.2, 0.25) is 0 Å². The van der Waals surface area contributed by atoms with Gasteiger partial charge in [-0.3, -0.25) is 4.52 Å². The molecule has 0 aromatic carbocycles. The average Bonchev–Trinajstić information content (AvgIpc) is 1.56. The SMILES string of the molecule is CC(OP(=O)(O)O)C(C)(C)C. The number of rotatable bonds is 2. The highest BCUT2D eigenvalue weighted by Gasteiger charge is 2.27. The maximum atomic E-state index is 10.4. The van der Waals surface area contributed by atoms with E-state index in [-0.39, 0.29) is 5.41 Å². The summed E-state index contributed by atoms with van der Waals surface area (Å²) in [5.41, 5.74) is -0.249. The fourth-order valence-corrected chi connectivity index (χ4v) is 1.09. The van der Waals surface area contributed by atoms with Crippen molar-refractivity contribution in [2.45, 2.75) is 33.8 Å². The third-order valence-electron chi connectivity index (χ3n) is 1.52. The summed E-state index contributed by atoms with van der Waals surface area (Å²) in [5, 5.41) is 0. The Hall–Kier alpha value is 0.110. The lowest BCUT2D eigenvalue weighted by molar-refractivity contribution is 0.0667. The van der Waals surface area contributed by atoms with Crippen molar-refractivity contribution in [3.8, 4) is 0 Å². The third-order valence-corrected chi connectivity index (χ3v) is 2.11. The van der Waals surface area contributed by atoms with Gasteiger partial charge in [0.05, 0.1) is 6.10 Å². The summed E-state index contributed by atoms with van der Waals surface area (Å²) in [6.07, 6.45) is -0.455. The van der Waals surface area contributed by atoms with Crippen LogP contribution in [0.25, 0.3) is 0 Å². The van der Waals surface area contributed by atoms with E-state index in [1.807, 2.05) is 20.8 Å². The number of phosphoric ester groups is 1. The van der Waals surface area contributed by atoms with Crippen molar-refractivity contribution >= 4 is 7.82 Å². The molecule has 0 saturated carbocycles. The number of hydrogen-bond acceptors (Lipinski definition) is 2. The van der Waals surface area contributed by atoms with Crippen molar-refractivity contribution in [1.29, 1.82) is 0 Å². The fraction of sp³-hybridized carbons (Fsp3) is 1.00. The van der Waals surface area contributed by atoms with Gasteiger partial charge in [-0.2, -0.15) is 0 Å². The van der Waals surface area contributed by atoms with Crippen molar-refractivity contribution in [3.05, 3.63) is 0 Å². The van der Waals surface area contributed by atoms with Crippen LogP contribution in [0.1, 0.15) is 27.7 Å². The zero-order chi connectivity index (χ0) is 9.28. The molecule has 0 aliphatic rings. The molecule has 68 valence electrons. The molecular weight excluding hydrogens is 167 g/mol. The van der Waals surface area contributed by atoms with Gasteiger partial charge < -0.3 is 9.79 Å². The highest BCUT2D eigenvalue weighted by Crippen LogP contribution is 2.41. The molecule has 0 bridgehead atoms. The maximum Gasteiger partial charge on any atom is 0.469 e. The van der Waals surface area contributed by atoms with Crippen LogP contribution in [0.4, 0.5) is 0 Å². The maximum absolute atomic E-state index is 10.4. The van der Waals surface area contributed by atoms with Crippen molar-refractivity contribution in [3.63, 3.8) is 0 Å². The predicted molar refractivity (Wildman–Crippen MR) is 42.0 cm³/mol. The Balaban J connectivity index is 4.10. The van der Waals surface area contributed by atoms with E-state index in [1.165, 1.54) is 0 Å². The topological polar surface area (TPSA) is 66.8 Å². The summed E-state index contributed by atoms with van der Waals surface area (Å²) in [7, 11) is -4.32. The van der Waals surface area contributed by atoms with Gasteiger partial charge in [0.1, 0.15) is 0 Å². The first kappa shape index (κ1) is 11.1. The molecule has 1 atom stereocenters. The van der Waals surface area contributed by atoms with E-state index in [4.69, 9.17) is 9.79 Å². The molecule has 0 heterocycles. The van der Waals surface area contributed by atoms with E-state index in [9.17, 15) is 4.57 Å². The van der Waals surface area contributed by atoms with Crippen LogP contribution in [-0.4, -0.2) is 15.9 Å². The van der Waals surface area contributed by atoms with Crippen molar-refractivity contribution < 1.29 is 18.9 Å². The minimum absolute atomic E-state index is 0.249. The summed E-state index contributed by atoms with van der Waals surface area (Å²) in [4.78, 5) is 16.9. The molecule has 0 fully saturated rings. The van der Waals surface area contributed by atoms with E-state index >= 15 is 0 Å². The highest BCUT2D eigenvalue weighted by atomic mass is 31.2. The molecule has 0 aliphatic heterocycles. The first-order valence-electron chi connectivity index (χ1n) is 3.37. The van der Waals surface area contributed by atoms with E-state index in [1.54, 1.807) is 6.92 Å². The quantitative estimate of drug-likeness (QED) is 0.635. The van der Waals surface area contributed by atoms with Gasteiger partial charge in [-0.1, -0.05) is 20.8 Å². The molecule has 5 heteroatoms. The Labute approximate surface area is 66.8 Å². The van der Waals surface area contributed by atoms with Crippen LogP contribution in [0.15, 0.2) is 0 Å². The zero-order valence-corrected chi connectivity index (χ0v) is 8.13. The number of hydrogen-bond donors (Lipinski definition) is 2. The summed E-state index contributed by atoms with van der Waals surface area (Å²) in [6, 6.07) is 0. The molecule has 2 N–H and O–H groups in total. The van der Waals surface area contributed by atoms with Crippen LogP contribution in [0, 0.1) is 5.41 Å². The molecule has 0 aromatic rings. The molecule has 0 saturated heterocycles. The highest BCUT2D eigenvalue weighted by molar-refractivity contribution is 7.46. The lowest BCUT2D eigenvalue weighted by atomic mass is 9.91. The molecule has 11 heavy (non-hydrogen) atoms. The summed E-state index contributed by atoms with van der Waals surface area (Å²) in [5.74, 6) is 0. The van der Waals surface area contributed by atoms with E-state index < -0.39 is 13.9 Å². The first-order valence-corrected chi connectivity index (χ1v) is 4.90.